The summed E-state index contributed by atoms with van der Waals surface area (Å²) in [5.74, 6) is -1.20. The Hall–Kier alpha value is -2.04. The molecule has 0 unspecified atom stereocenters. The molecule has 1 aromatic carbocycles. The zero-order chi connectivity index (χ0) is 17.1. The SMILES string of the molecule is CNC(=S)NNC(=O)c1cc(C(F)(F)F)cc(C(F)(F)F)c1. The van der Waals surface area contributed by atoms with Crippen LogP contribution in [0.25, 0.3) is 0 Å². The van der Waals surface area contributed by atoms with Gasteiger partial charge in [-0.1, -0.05) is 0 Å². The van der Waals surface area contributed by atoms with Gasteiger partial charge in [0.25, 0.3) is 5.91 Å². The molecule has 1 rings (SSSR count). The second-order valence-electron chi connectivity index (χ2n) is 3.95. The van der Waals surface area contributed by atoms with E-state index in [0.717, 1.165) is 0 Å². The molecular formula is C11H9F6N3OS. The van der Waals surface area contributed by atoms with Crippen LogP contribution in [-0.2, 0) is 12.4 Å². The molecular weight excluding hydrogens is 336 g/mol. The summed E-state index contributed by atoms with van der Waals surface area (Å²) < 4.78 is 75.7. The lowest BCUT2D eigenvalue weighted by Crippen LogP contribution is -2.45. The van der Waals surface area contributed by atoms with Crippen LogP contribution in [0.5, 0.6) is 0 Å². The number of carbonyl (C=O) groups excluding carboxylic acids is 1. The van der Waals surface area contributed by atoms with E-state index in [2.05, 4.69) is 23.0 Å². The van der Waals surface area contributed by atoms with E-state index < -0.39 is 35.0 Å². The predicted octanol–water partition coefficient (Wildman–Crippen LogP) is 2.46. The first kappa shape index (κ1) is 18.0. The molecule has 11 heteroatoms. The van der Waals surface area contributed by atoms with Crippen LogP contribution in [0.15, 0.2) is 18.2 Å². The molecule has 3 N–H and O–H groups in total. The first-order valence-corrected chi connectivity index (χ1v) is 5.93. The van der Waals surface area contributed by atoms with Crippen molar-refractivity contribution < 1.29 is 31.1 Å². The number of hydrazine groups is 1. The van der Waals surface area contributed by atoms with E-state index >= 15 is 0 Å². The van der Waals surface area contributed by atoms with Gasteiger partial charge in [0.15, 0.2) is 5.11 Å². The normalized spacial score (nSPS) is 11.8. The summed E-state index contributed by atoms with van der Waals surface area (Å²) in [6.07, 6.45) is -10.0. The van der Waals surface area contributed by atoms with E-state index in [4.69, 9.17) is 0 Å². The maximum atomic E-state index is 12.6. The number of hydrogen-bond donors (Lipinski definition) is 3. The van der Waals surface area contributed by atoms with Gasteiger partial charge in [0.1, 0.15) is 0 Å². The van der Waals surface area contributed by atoms with E-state index in [1.54, 1.807) is 0 Å². The number of rotatable bonds is 1. The number of halogens is 6. The molecule has 22 heavy (non-hydrogen) atoms. The summed E-state index contributed by atoms with van der Waals surface area (Å²) >= 11 is 4.60. The summed E-state index contributed by atoms with van der Waals surface area (Å²) in [6, 6.07) is 0.561. The highest BCUT2D eigenvalue weighted by Crippen LogP contribution is 2.36. The summed E-state index contributed by atoms with van der Waals surface area (Å²) in [6.45, 7) is 0. The minimum atomic E-state index is -5.02. The molecule has 0 radical (unpaired) electrons. The summed E-state index contributed by atoms with van der Waals surface area (Å²) in [5.41, 5.74) is 0.0135. The lowest BCUT2D eigenvalue weighted by atomic mass is 10.0. The second kappa shape index (κ2) is 6.38. The van der Waals surface area contributed by atoms with Crippen molar-refractivity contribution >= 4 is 23.2 Å². The van der Waals surface area contributed by atoms with Crippen molar-refractivity contribution in [1.82, 2.24) is 16.2 Å². The fraction of sp³-hybridized carbons (Fsp3) is 0.273. The van der Waals surface area contributed by atoms with E-state index in [1.807, 2.05) is 5.43 Å². The number of carbonyl (C=O) groups is 1. The van der Waals surface area contributed by atoms with Gasteiger partial charge in [-0.3, -0.25) is 15.6 Å². The van der Waals surface area contributed by atoms with Crippen LogP contribution >= 0.6 is 12.2 Å². The van der Waals surface area contributed by atoms with Crippen LogP contribution in [0.1, 0.15) is 21.5 Å². The van der Waals surface area contributed by atoms with Gasteiger partial charge in [-0.25, -0.2) is 0 Å². The monoisotopic (exact) mass is 345 g/mol. The zero-order valence-electron chi connectivity index (χ0n) is 10.8. The van der Waals surface area contributed by atoms with E-state index in [1.165, 1.54) is 7.05 Å². The first-order chi connectivity index (χ1) is 9.95. The van der Waals surface area contributed by atoms with Crippen LogP contribution in [-0.4, -0.2) is 18.1 Å². The zero-order valence-corrected chi connectivity index (χ0v) is 11.6. The Bertz CT molecular complexity index is 552. The van der Waals surface area contributed by atoms with Crippen LogP contribution < -0.4 is 16.2 Å². The van der Waals surface area contributed by atoms with Gasteiger partial charge >= 0.3 is 12.4 Å². The summed E-state index contributed by atoms with van der Waals surface area (Å²) in [5, 5.41) is 2.32. The van der Waals surface area contributed by atoms with Gasteiger partial charge < -0.3 is 5.32 Å². The highest BCUT2D eigenvalue weighted by atomic mass is 32.1. The van der Waals surface area contributed by atoms with Crippen molar-refractivity contribution in [3.8, 4) is 0 Å². The standard InChI is InChI=1S/C11H9F6N3OS/c1-18-9(22)20-19-8(21)5-2-6(10(12,13)14)4-7(3-5)11(15,16)17/h2-4H,1H3,(H,19,21)(H2,18,20,22). The minimum absolute atomic E-state index is 0.0670. The highest BCUT2D eigenvalue weighted by Gasteiger charge is 2.37. The minimum Gasteiger partial charge on any atom is -0.364 e. The fourth-order valence-corrected chi connectivity index (χ4v) is 1.39. The first-order valence-electron chi connectivity index (χ1n) is 5.52. The maximum absolute atomic E-state index is 12.6. The third-order valence-corrected chi connectivity index (χ3v) is 2.67. The van der Waals surface area contributed by atoms with Crippen molar-refractivity contribution in [2.45, 2.75) is 12.4 Å². The molecule has 1 aromatic rings. The third kappa shape index (κ3) is 4.76. The molecule has 0 aliphatic carbocycles. The van der Waals surface area contributed by atoms with E-state index in [9.17, 15) is 31.1 Å². The van der Waals surface area contributed by atoms with Crippen molar-refractivity contribution in [3.05, 3.63) is 34.9 Å². The lowest BCUT2D eigenvalue weighted by molar-refractivity contribution is -0.143. The van der Waals surface area contributed by atoms with Gasteiger partial charge in [0.2, 0.25) is 0 Å². The van der Waals surface area contributed by atoms with Crippen LogP contribution in [0.3, 0.4) is 0 Å². The molecule has 0 saturated carbocycles. The number of amides is 1. The Morgan fingerprint density at radius 2 is 1.41 bits per heavy atom. The predicted molar refractivity (Wildman–Crippen MR) is 68.7 cm³/mol. The maximum Gasteiger partial charge on any atom is 0.416 e. The molecule has 0 aliphatic heterocycles. The fourth-order valence-electron chi connectivity index (χ4n) is 1.33. The molecule has 0 spiro atoms. The van der Waals surface area contributed by atoms with Gasteiger partial charge in [0.05, 0.1) is 11.1 Å². The molecule has 122 valence electrons. The molecule has 0 aromatic heterocycles. The topological polar surface area (TPSA) is 53.2 Å². The van der Waals surface area contributed by atoms with Gasteiger partial charge in [0, 0.05) is 12.6 Å². The van der Waals surface area contributed by atoms with E-state index in [0.29, 0.717) is 12.1 Å². The quantitative estimate of drug-likeness (QED) is 0.416. The number of thiocarbonyl (C=S) groups is 1. The largest absolute Gasteiger partial charge is 0.416 e. The summed E-state index contributed by atoms with van der Waals surface area (Å²) in [7, 11) is 1.40. The van der Waals surface area contributed by atoms with Crippen molar-refractivity contribution in [3.63, 3.8) is 0 Å². The number of nitrogens with one attached hydrogen (secondary N) is 3. The van der Waals surface area contributed by atoms with Crippen LogP contribution in [0.2, 0.25) is 0 Å². The second-order valence-corrected chi connectivity index (χ2v) is 4.36. The molecule has 0 saturated heterocycles. The van der Waals surface area contributed by atoms with Crippen molar-refractivity contribution in [2.24, 2.45) is 0 Å². The third-order valence-electron chi connectivity index (χ3n) is 2.37. The average molecular weight is 345 g/mol. The molecule has 0 fully saturated rings. The Kier molecular flexibility index (Phi) is 5.22. The Balaban J connectivity index is 3.18. The molecule has 1 amide bonds. The number of benzene rings is 1. The van der Waals surface area contributed by atoms with Crippen LogP contribution in [0, 0.1) is 0 Å². The number of alkyl halides is 6. The average Bonchev–Trinajstić information content (AvgIpc) is 2.41. The molecule has 0 atom stereocenters. The Morgan fingerprint density at radius 1 is 0.955 bits per heavy atom. The van der Waals surface area contributed by atoms with Crippen LogP contribution in [0.4, 0.5) is 26.3 Å². The van der Waals surface area contributed by atoms with Crippen molar-refractivity contribution in [1.29, 1.82) is 0 Å². The number of hydrogen-bond acceptors (Lipinski definition) is 2. The molecule has 0 bridgehead atoms. The van der Waals surface area contributed by atoms with Gasteiger partial charge in [-0.2, -0.15) is 26.3 Å². The summed E-state index contributed by atoms with van der Waals surface area (Å²) in [4.78, 5) is 11.6. The molecule has 0 aliphatic rings. The van der Waals surface area contributed by atoms with Crippen molar-refractivity contribution in [2.75, 3.05) is 7.05 Å². The lowest BCUT2D eigenvalue weighted by Gasteiger charge is -2.14. The smallest absolute Gasteiger partial charge is 0.364 e. The van der Waals surface area contributed by atoms with E-state index in [-0.39, 0.29) is 11.2 Å². The molecule has 0 heterocycles. The Labute approximate surface area is 125 Å². The molecule has 4 nitrogen and oxygen atoms in total. The highest BCUT2D eigenvalue weighted by molar-refractivity contribution is 7.80. The van der Waals surface area contributed by atoms with Gasteiger partial charge in [-0.15, -0.1) is 0 Å². The Morgan fingerprint density at radius 3 is 1.77 bits per heavy atom. The van der Waals surface area contributed by atoms with Gasteiger partial charge in [-0.05, 0) is 30.4 Å².